The molecule has 0 aromatic carbocycles. The number of hydrogen-bond acceptors (Lipinski definition) is 1. The van der Waals surface area contributed by atoms with Gasteiger partial charge in [-0.3, -0.25) is 4.21 Å². The molecular weight excluding hydrogens is 139 g/mol. The van der Waals surface area contributed by atoms with Crippen LogP contribution >= 0.6 is 0 Å². The molecular formula is C6H7FOS. The van der Waals surface area contributed by atoms with Crippen molar-refractivity contribution < 1.29 is 8.60 Å². The maximum absolute atomic E-state index is 12.6. The Labute approximate surface area is 55.4 Å². The standard InChI is InChI=1S/C6H7FOS/c7-5-3-4-1-2-6(5)9(4)8/h1-2,4-6H,3H2/t4?,5?,6-,9?/m1/s1. The zero-order chi connectivity index (χ0) is 6.43. The predicted octanol–water partition coefficient (Wildman–Crippen LogP) is 0.784. The van der Waals surface area contributed by atoms with Gasteiger partial charge in [0.15, 0.2) is 0 Å². The van der Waals surface area contributed by atoms with Gasteiger partial charge >= 0.3 is 0 Å². The fourth-order valence-corrected chi connectivity index (χ4v) is 3.06. The van der Waals surface area contributed by atoms with Gasteiger partial charge in [0.1, 0.15) is 6.17 Å². The lowest BCUT2D eigenvalue weighted by atomic mass is 10.1. The van der Waals surface area contributed by atoms with Crippen LogP contribution in [0.5, 0.6) is 0 Å². The van der Waals surface area contributed by atoms with E-state index in [2.05, 4.69) is 0 Å². The van der Waals surface area contributed by atoms with Crippen LogP contribution < -0.4 is 0 Å². The van der Waals surface area contributed by atoms with Crippen LogP contribution in [0.15, 0.2) is 12.2 Å². The normalized spacial score (nSPS) is 54.8. The fourth-order valence-electron chi connectivity index (χ4n) is 1.39. The van der Waals surface area contributed by atoms with E-state index in [1.54, 1.807) is 6.08 Å². The van der Waals surface area contributed by atoms with Crippen molar-refractivity contribution in [2.75, 3.05) is 0 Å². The van der Waals surface area contributed by atoms with Crippen LogP contribution in [0.1, 0.15) is 6.42 Å². The van der Waals surface area contributed by atoms with Gasteiger partial charge in [-0.1, -0.05) is 12.2 Å². The molecule has 2 aliphatic heterocycles. The Hall–Kier alpha value is -0.180. The Bertz CT molecular complexity index is 189. The highest BCUT2D eigenvalue weighted by molar-refractivity contribution is 7.87. The molecule has 0 aromatic heterocycles. The highest BCUT2D eigenvalue weighted by atomic mass is 32.2. The molecule has 2 rings (SSSR count). The van der Waals surface area contributed by atoms with Gasteiger partial charge < -0.3 is 0 Å². The molecule has 1 saturated heterocycles. The third-order valence-electron chi connectivity index (χ3n) is 1.90. The second kappa shape index (κ2) is 1.66. The summed E-state index contributed by atoms with van der Waals surface area (Å²) in [5.74, 6) is 0. The molecule has 0 radical (unpaired) electrons. The van der Waals surface area contributed by atoms with Gasteiger partial charge in [0.25, 0.3) is 0 Å². The van der Waals surface area contributed by atoms with Gasteiger partial charge in [0.05, 0.1) is 10.5 Å². The first-order chi connectivity index (χ1) is 4.29. The molecule has 0 spiro atoms. The van der Waals surface area contributed by atoms with Crippen molar-refractivity contribution in [2.45, 2.75) is 23.1 Å². The summed E-state index contributed by atoms with van der Waals surface area (Å²) in [4.78, 5) is 0. The number of hydrogen-bond donors (Lipinski definition) is 0. The van der Waals surface area contributed by atoms with Crippen molar-refractivity contribution >= 4 is 10.8 Å². The fraction of sp³-hybridized carbons (Fsp3) is 0.667. The van der Waals surface area contributed by atoms with Crippen molar-refractivity contribution in [3.63, 3.8) is 0 Å². The molecule has 1 fully saturated rings. The van der Waals surface area contributed by atoms with Gasteiger partial charge in [-0.15, -0.1) is 0 Å². The number of alkyl halides is 1. The number of fused-ring (bicyclic) bond motifs is 2. The van der Waals surface area contributed by atoms with E-state index in [9.17, 15) is 8.60 Å². The van der Waals surface area contributed by atoms with Crippen LogP contribution in [0, 0.1) is 0 Å². The lowest BCUT2D eigenvalue weighted by Gasteiger charge is -2.03. The van der Waals surface area contributed by atoms with Crippen molar-refractivity contribution in [3.05, 3.63) is 12.2 Å². The third kappa shape index (κ3) is 0.611. The van der Waals surface area contributed by atoms with E-state index in [0.29, 0.717) is 6.42 Å². The minimum atomic E-state index is -0.917. The van der Waals surface area contributed by atoms with Crippen molar-refractivity contribution in [2.24, 2.45) is 0 Å². The third-order valence-corrected chi connectivity index (χ3v) is 3.83. The van der Waals surface area contributed by atoms with Crippen LogP contribution in [0.4, 0.5) is 4.39 Å². The van der Waals surface area contributed by atoms with Gasteiger partial charge in [0, 0.05) is 10.8 Å². The quantitative estimate of drug-likeness (QED) is 0.462. The summed E-state index contributed by atoms with van der Waals surface area (Å²) in [5.41, 5.74) is 0. The van der Waals surface area contributed by atoms with E-state index in [0.717, 1.165) is 0 Å². The Balaban J connectivity index is 2.36. The van der Waals surface area contributed by atoms with Crippen LogP contribution in [0.25, 0.3) is 0 Å². The van der Waals surface area contributed by atoms with Crippen molar-refractivity contribution in [1.82, 2.24) is 0 Å². The lowest BCUT2D eigenvalue weighted by Crippen LogP contribution is -2.13. The summed E-state index contributed by atoms with van der Waals surface area (Å²) in [5, 5.41) is -0.236. The number of rotatable bonds is 0. The molecule has 0 aliphatic carbocycles. The van der Waals surface area contributed by atoms with Crippen LogP contribution in [-0.2, 0) is 10.8 Å². The van der Waals surface area contributed by atoms with Gasteiger partial charge in [0.2, 0.25) is 0 Å². The average molecular weight is 146 g/mol. The molecule has 2 heterocycles. The van der Waals surface area contributed by atoms with Crippen molar-refractivity contribution in [1.29, 1.82) is 0 Å². The predicted molar refractivity (Wildman–Crippen MR) is 34.4 cm³/mol. The summed E-state index contributed by atoms with van der Waals surface area (Å²) in [6, 6.07) is 0. The molecule has 3 unspecified atom stereocenters. The van der Waals surface area contributed by atoms with E-state index in [1.165, 1.54) is 0 Å². The zero-order valence-corrected chi connectivity index (χ0v) is 5.60. The highest BCUT2D eigenvalue weighted by Gasteiger charge is 2.42. The molecule has 2 bridgehead atoms. The van der Waals surface area contributed by atoms with E-state index in [1.807, 2.05) is 6.08 Å². The minimum Gasteiger partial charge on any atom is -0.258 e. The molecule has 9 heavy (non-hydrogen) atoms. The largest absolute Gasteiger partial charge is 0.258 e. The Kier molecular flexibility index (Phi) is 1.03. The Morgan fingerprint density at radius 3 is 2.56 bits per heavy atom. The topological polar surface area (TPSA) is 17.1 Å². The number of halogens is 1. The van der Waals surface area contributed by atoms with Crippen molar-refractivity contribution in [3.8, 4) is 0 Å². The SMILES string of the molecule is O=S1C2C=C[C@@H]1C(F)C2. The Morgan fingerprint density at radius 2 is 2.33 bits per heavy atom. The lowest BCUT2D eigenvalue weighted by molar-refractivity contribution is 0.335. The summed E-state index contributed by atoms with van der Waals surface area (Å²) < 4.78 is 23.6. The first-order valence-corrected chi connectivity index (χ1v) is 4.28. The molecule has 0 amide bonds. The van der Waals surface area contributed by atoms with E-state index in [-0.39, 0.29) is 10.5 Å². The van der Waals surface area contributed by atoms with Gasteiger partial charge in [-0.2, -0.15) is 0 Å². The molecule has 50 valence electrons. The van der Waals surface area contributed by atoms with Crippen LogP contribution in [-0.4, -0.2) is 20.9 Å². The monoisotopic (exact) mass is 146 g/mol. The summed E-state index contributed by atoms with van der Waals surface area (Å²) in [7, 11) is -0.917. The first-order valence-electron chi connectivity index (χ1n) is 3.01. The molecule has 3 heteroatoms. The average Bonchev–Trinajstić information content (AvgIpc) is 2.25. The molecule has 0 N–H and O–H groups in total. The van der Waals surface area contributed by atoms with Gasteiger partial charge in [-0.25, -0.2) is 4.39 Å². The van der Waals surface area contributed by atoms with E-state index in [4.69, 9.17) is 0 Å². The molecule has 0 aromatic rings. The molecule has 2 aliphatic rings. The molecule has 1 nitrogen and oxygen atoms in total. The minimum absolute atomic E-state index is 0.0324. The smallest absolute Gasteiger partial charge is 0.119 e. The van der Waals surface area contributed by atoms with E-state index < -0.39 is 17.0 Å². The molecule has 0 saturated carbocycles. The van der Waals surface area contributed by atoms with Crippen LogP contribution in [0.2, 0.25) is 0 Å². The highest BCUT2D eigenvalue weighted by Crippen LogP contribution is 2.33. The van der Waals surface area contributed by atoms with Crippen LogP contribution in [0.3, 0.4) is 0 Å². The summed E-state index contributed by atoms with van der Waals surface area (Å²) >= 11 is 0. The molecule has 4 atom stereocenters. The zero-order valence-electron chi connectivity index (χ0n) is 4.79. The summed E-state index contributed by atoms with van der Waals surface area (Å²) in [6.07, 6.45) is 3.26. The van der Waals surface area contributed by atoms with Gasteiger partial charge in [-0.05, 0) is 6.42 Å². The first kappa shape index (κ1) is 5.59. The van der Waals surface area contributed by atoms with E-state index >= 15 is 0 Å². The second-order valence-electron chi connectivity index (χ2n) is 2.47. The Morgan fingerprint density at radius 1 is 1.56 bits per heavy atom. The maximum atomic E-state index is 12.6. The summed E-state index contributed by atoms with van der Waals surface area (Å²) in [6.45, 7) is 0. The second-order valence-corrected chi connectivity index (χ2v) is 4.28. The maximum Gasteiger partial charge on any atom is 0.119 e.